The minimum atomic E-state index is -4.19. The lowest BCUT2D eigenvalue weighted by Crippen LogP contribution is -2.52. The van der Waals surface area contributed by atoms with Crippen LogP contribution in [-0.4, -0.2) is 50.9 Å². The second-order valence-corrected chi connectivity index (χ2v) is 12.4. The molecule has 42 heavy (non-hydrogen) atoms. The van der Waals surface area contributed by atoms with Crippen LogP contribution < -0.4 is 14.4 Å². The largest absolute Gasteiger partial charge is 0.494 e. The van der Waals surface area contributed by atoms with E-state index in [-0.39, 0.29) is 29.5 Å². The summed E-state index contributed by atoms with van der Waals surface area (Å²) in [6.07, 6.45) is 1.00. The Morgan fingerprint density at radius 2 is 1.55 bits per heavy atom. The maximum Gasteiger partial charge on any atom is 0.264 e. The molecule has 0 saturated heterocycles. The van der Waals surface area contributed by atoms with Crippen LogP contribution in [0.25, 0.3) is 0 Å². The average Bonchev–Trinajstić information content (AvgIpc) is 2.97. The first kappa shape index (κ1) is 33.2. The summed E-state index contributed by atoms with van der Waals surface area (Å²) in [5.41, 5.74) is 1.63. The number of aryl methyl sites for hydroxylation is 1. The van der Waals surface area contributed by atoms with Gasteiger partial charge in [-0.25, -0.2) is 8.42 Å². The zero-order valence-corrected chi connectivity index (χ0v) is 26.6. The van der Waals surface area contributed by atoms with Gasteiger partial charge in [-0.3, -0.25) is 13.9 Å². The molecule has 0 radical (unpaired) electrons. The minimum absolute atomic E-state index is 0.0308. The third-order valence-corrected chi connectivity index (χ3v) is 9.15. The Labute approximate surface area is 258 Å². The molecule has 2 amide bonds. The monoisotopic (exact) mass is 633 g/mol. The van der Waals surface area contributed by atoms with Gasteiger partial charge in [0.2, 0.25) is 11.8 Å². The number of hydrogen-bond donors (Lipinski definition) is 1. The number of nitrogens with zero attached hydrogens (tertiary/aromatic N) is 2. The number of rotatable bonds is 14. The molecule has 8 nitrogen and oxygen atoms in total. The summed E-state index contributed by atoms with van der Waals surface area (Å²) in [5, 5.41) is 3.52. The van der Waals surface area contributed by atoms with Crippen molar-refractivity contribution in [2.75, 3.05) is 24.0 Å². The van der Waals surface area contributed by atoms with E-state index in [1.165, 1.54) is 17.0 Å². The fraction of sp³-hybridized carbons (Fsp3) is 0.355. The van der Waals surface area contributed by atoms with Crippen LogP contribution in [0.5, 0.6) is 5.75 Å². The minimum Gasteiger partial charge on any atom is -0.494 e. The molecule has 0 fully saturated rings. The zero-order valence-electron chi connectivity index (χ0n) is 24.3. The predicted octanol–water partition coefficient (Wildman–Crippen LogP) is 6.23. The number of sulfonamides is 1. The Bertz CT molecular complexity index is 1440. The number of carbonyl (C=O) groups is 2. The summed E-state index contributed by atoms with van der Waals surface area (Å²) < 4.78 is 34.6. The van der Waals surface area contributed by atoms with E-state index >= 15 is 0 Å². The molecule has 0 unspecified atom stereocenters. The molecule has 0 bridgehead atoms. The van der Waals surface area contributed by atoms with Crippen LogP contribution in [0.1, 0.15) is 44.7 Å². The van der Waals surface area contributed by atoms with Gasteiger partial charge in [0, 0.05) is 28.7 Å². The summed E-state index contributed by atoms with van der Waals surface area (Å²) >= 11 is 12.9. The van der Waals surface area contributed by atoms with Crippen LogP contribution in [-0.2, 0) is 26.2 Å². The molecule has 3 rings (SSSR count). The van der Waals surface area contributed by atoms with Crippen LogP contribution in [0.15, 0.2) is 71.6 Å². The maximum absolute atomic E-state index is 14.2. The highest BCUT2D eigenvalue weighted by molar-refractivity contribution is 7.92. The van der Waals surface area contributed by atoms with Gasteiger partial charge >= 0.3 is 0 Å². The van der Waals surface area contributed by atoms with Crippen LogP contribution in [0.3, 0.4) is 0 Å². The van der Waals surface area contributed by atoms with Crippen molar-refractivity contribution in [1.29, 1.82) is 0 Å². The van der Waals surface area contributed by atoms with E-state index in [4.69, 9.17) is 27.9 Å². The van der Waals surface area contributed by atoms with Crippen molar-refractivity contribution in [3.05, 3.63) is 87.9 Å². The number of benzene rings is 3. The molecule has 1 N–H and O–H groups in total. The van der Waals surface area contributed by atoms with Gasteiger partial charge < -0.3 is 15.0 Å². The number of anilines is 1. The summed E-state index contributed by atoms with van der Waals surface area (Å²) in [5.74, 6) is -0.368. The lowest BCUT2D eigenvalue weighted by atomic mass is 10.1. The molecule has 0 aromatic heterocycles. The van der Waals surface area contributed by atoms with Crippen molar-refractivity contribution in [3.8, 4) is 5.75 Å². The van der Waals surface area contributed by atoms with Gasteiger partial charge in [0.25, 0.3) is 10.0 Å². The molecular weight excluding hydrogens is 597 g/mol. The molecule has 0 aliphatic heterocycles. The number of amides is 2. The first-order valence-electron chi connectivity index (χ1n) is 13.9. The number of halogens is 2. The van der Waals surface area contributed by atoms with Gasteiger partial charge in [0.1, 0.15) is 18.3 Å². The number of ether oxygens (including phenoxy) is 1. The summed E-state index contributed by atoms with van der Waals surface area (Å²) in [6.45, 7) is 7.65. The van der Waals surface area contributed by atoms with Gasteiger partial charge in [-0.15, -0.1) is 0 Å². The highest BCUT2D eigenvalue weighted by atomic mass is 35.5. The van der Waals surface area contributed by atoms with Crippen LogP contribution >= 0.6 is 23.2 Å². The van der Waals surface area contributed by atoms with Crippen LogP contribution in [0.2, 0.25) is 10.0 Å². The smallest absolute Gasteiger partial charge is 0.264 e. The summed E-state index contributed by atoms with van der Waals surface area (Å²) in [4.78, 5) is 28.8. The number of nitrogens with one attached hydrogen (secondary N) is 1. The third kappa shape index (κ3) is 8.18. The van der Waals surface area contributed by atoms with Crippen LogP contribution in [0, 0.1) is 6.92 Å². The fourth-order valence-corrected chi connectivity index (χ4v) is 6.31. The van der Waals surface area contributed by atoms with Gasteiger partial charge in [-0.2, -0.15) is 0 Å². The standard InChI is InChI=1S/C31H37Cl2N3O5S/c1-5-19-34-31(38)29(6-2)35(20-26-27(32)9-8-10-28(26)33)30(37)21-36(23-13-15-24(16-14-23)41-7-3)42(39,40)25-17-11-22(4)12-18-25/h8-18,29H,5-7,19-21H2,1-4H3,(H,34,38)/t29-/m1/s1. The SMILES string of the molecule is CCCNC(=O)[C@@H](CC)N(Cc1c(Cl)cccc1Cl)C(=O)CN(c1ccc(OCC)cc1)S(=O)(=O)c1ccc(C)cc1. The van der Waals surface area contributed by atoms with Gasteiger partial charge in [-0.05, 0) is 75.2 Å². The van der Waals surface area contributed by atoms with E-state index in [1.54, 1.807) is 61.5 Å². The fourth-order valence-electron chi connectivity index (χ4n) is 4.38. The zero-order chi connectivity index (χ0) is 30.9. The molecule has 0 aliphatic rings. The molecule has 11 heteroatoms. The highest BCUT2D eigenvalue weighted by Gasteiger charge is 2.34. The van der Waals surface area contributed by atoms with Crippen molar-refractivity contribution in [2.45, 2.75) is 58.0 Å². The normalized spacial score (nSPS) is 12.0. The molecule has 3 aromatic rings. The number of carbonyl (C=O) groups excluding carboxylic acids is 2. The topological polar surface area (TPSA) is 96.0 Å². The lowest BCUT2D eigenvalue weighted by Gasteiger charge is -2.33. The molecule has 226 valence electrons. The van der Waals surface area contributed by atoms with Crippen molar-refractivity contribution < 1.29 is 22.7 Å². The van der Waals surface area contributed by atoms with Crippen molar-refractivity contribution in [2.24, 2.45) is 0 Å². The molecule has 1 atom stereocenters. The second kappa shape index (κ2) is 15.3. The maximum atomic E-state index is 14.2. The van der Waals surface area contributed by atoms with E-state index in [1.807, 2.05) is 20.8 Å². The lowest BCUT2D eigenvalue weighted by molar-refractivity contribution is -0.140. The molecule has 0 spiro atoms. The Morgan fingerprint density at radius 3 is 2.10 bits per heavy atom. The molecule has 0 saturated carbocycles. The van der Waals surface area contributed by atoms with E-state index in [0.29, 0.717) is 40.9 Å². The molecule has 0 aliphatic carbocycles. The first-order valence-corrected chi connectivity index (χ1v) is 16.0. The second-order valence-electron chi connectivity index (χ2n) is 9.69. The summed E-state index contributed by atoms with van der Waals surface area (Å²) in [6, 6.07) is 17.0. The van der Waals surface area contributed by atoms with E-state index in [9.17, 15) is 18.0 Å². The highest BCUT2D eigenvalue weighted by Crippen LogP contribution is 2.29. The first-order chi connectivity index (χ1) is 20.0. The van der Waals surface area contributed by atoms with E-state index < -0.39 is 28.5 Å². The summed E-state index contributed by atoms with van der Waals surface area (Å²) in [7, 11) is -4.19. The molecular formula is C31H37Cl2N3O5S. The third-order valence-electron chi connectivity index (χ3n) is 6.65. The Hall–Kier alpha value is -3.27. The molecule has 3 aromatic carbocycles. The van der Waals surface area contributed by atoms with Gasteiger partial charge in [0.15, 0.2) is 0 Å². The Morgan fingerprint density at radius 1 is 0.929 bits per heavy atom. The van der Waals surface area contributed by atoms with Crippen molar-refractivity contribution >= 4 is 50.7 Å². The van der Waals surface area contributed by atoms with Gasteiger partial charge in [0.05, 0.1) is 17.2 Å². The Balaban J connectivity index is 2.09. The predicted molar refractivity (Wildman–Crippen MR) is 168 cm³/mol. The van der Waals surface area contributed by atoms with Crippen molar-refractivity contribution in [1.82, 2.24) is 10.2 Å². The van der Waals surface area contributed by atoms with E-state index in [2.05, 4.69) is 5.32 Å². The molecule has 0 heterocycles. The van der Waals surface area contributed by atoms with Crippen LogP contribution in [0.4, 0.5) is 5.69 Å². The quantitative estimate of drug-likeness (QED) is 0.227. The van der Waals surface area contributed by atoms with Gasteiger partial charge in [-0.1, -0.05) is 60.8 Å². The average molecular weight is 635 g/mol. The number of hydrogen-bond acceptors (Lipinski definition) is 5. The Kier molecular flexibility index (Phi) is 12.1. The van der Waals surface area contributed by atoms with Crippen molar-refractivity contribution in [3.63, 3.8) is 0 Å². The van der Waals surface area contributed by atoms with E-state index in [0.717, 1.165) is 9.87 Å².